The van der Waals surface area contributed by atoms with Crippen LogP contribution in [0.5, 0.6) is 0 Å². The van der Waals surface area contributed by atoms with E-state index in [9.17, 15) is 14.7 Å². The summed E-state index contributed by atoms with van der Waals surface area (Å²) in [5, 5.41) is 9.56. The zero-order valence-corrected chi connectivity index (χ0v) is 19.0. The minimum absolute atomic E-state index is 0.0946. The fourth-order valence-corrected chi connectivity index (χ4v) is 4.81. The van der Waals surface area contributed by atoms with Crippen LogP contribution in [0.3, 0.4) is 0 Å². The number of nitrogens with zero attached hydrogens (tertiary/aromatic N) is 3. The topological polar surface area (TPSA) is 134 Å². The van der Waals surface area contributed by atoms with Gasteiger partial charge in [-0.1, -0.05) is 34.5 Å². The number of aliphatic imine (C=N–C) groups is 2. The smallest absolute Gasteiger partial charge is 0.307 e. The van der Waals surface area contributed by atoms with Gasteiger partial charge in [0.15, 0.2) is 5.78 Å². The van der Waals surface area contributed by atoms with Crippen molar-refractivity contribution >= 4 is 45.3 Å². The minimum Gasteiger partial charge on any atom is -0.481 e. The lowest BCUT2D eigenvalue weighted by molar-refractivity contribution is -0.136. The van der Waals surface area contributed by atoms with Crippen molar-refractivity contribution in [3.63, 3.8) is 0 Å². The maximum Gasteiger partial charge on any atom is 0.307 e. The molecule has 0 aromatic heterocycles. The number of anilines is 1. The van der Waals surface area contributed by atoms with Crippen LogP contribution >= 0.6 is 15.9 Å². The van der Waals surface area contributed by atoms with Gasteiger partial charge in [-0.15, -0.1) is 0 Å². The van der Waals surface area contributed by atoms with E-state index >= 15 is 0 Å². The molecule has 8 nitrogen and oxygen atoms in total. The number of carbonyl (C=O) groups excluding carboxylic acids is 1. The molecule has 1 spiro atoms. The average Bonchev–Trinajstić information content (AvgIpc) is 2.74. The third-order valence-electron chi connectivity index (χ3n) is 5.89. The van der Waals surface area contributed by atoms with Gasteiger partial charge in [0.2, 0.25) is 11.9 Å². The molecular weight excluding hydrogens is 474 g/mol. The van der Waals surface area contributed by atoms with E-state index in [0.29, 0.717) is 35.2 Å². The first-order chi connectivity index (χ1) is 15.3. The molecule has 5 N–H and O–H groups in total. The number of carboxylic acids is 1. The molecule has 1 fully saturated rings. The Bertz CT molecular complexity index is 1120. The van der Waals surface area contributed by atoms with Gasteiger partial charge in [-0.2, -0.15) is 4.99 Å². The summed E-state index contributed by atoms with van der Waals surface area (Å²) in [6.45, 7) is 0. The van der Waals surface area contributed by atoms with E-state index in [4.69, 9.17) is 11.5 Å². The summed E-state index contributed by atoms with van der Waals surface area (Å²) in [5.41, 5.74) is 13.3. The van der Waals surface area contributed by atoms with Gasteiger partial charge in [0, 0.05) is 15.6 Å². The second-order valence-corrected chi connectivity index (χ2v) is 8.95. The lowest BCUT2D eigenvalue weighted by Gasteiger charge is -2.46. The van der Waals surface area contributed by atoms with Gasteiger partial charge in [0.1, 0.15) is 5.66 Å². The number of rotatable bonds is 5. The first kappa shape index (κ1) is 22.0. The number of benzene rings is 2. The van der Waals surface area contributed by atoms with E-state index in [0.717, 1.165) is 23.7 Å². The third-order valence-corrected chi connectivity index (χ3v) is 6.42. The molecule has 2 aliphatic rings. The Kier molecular flexibility index (Phi) is 6.01. The highest BCUT2D eigenvalue weighted by Crippen LogP contribution is 2.42. The maximum absolute atomic E-state index is 13.6. The molecule has 0 unspecified atom stereocenters. The number of halogens is 1. The lowest BCUT2D eigenvalue weighted by Crippen LogP contribution is -2.59. The van der Waals surface area contributed by atoms with Crippen LogP contribution in [-0.4, -0.2) is 34.4 Å². The van der Waals surface area contributed by atoms with Crippen molar-refractivity contribution in [3.05, 3.63) is 63.6 Å². The van der Waals surface area contributed by atoms with Crippen molar-refractivity contribution in [1.82, 2.24) is 0 Å². The van der Waals surface area contributed by atoms with Crippen LogP contribution in [0.1, 0.15) is 53.6 Å². The Hall–Kier alpha value is -3.20. The van der Waals surface area contributed by atoms with E-state index < -0.39 is 11.6 Å². The molecule has 166 valence electrons. The van der Waals surface area contributed by atoms with Gasteiger partial charge in [-0.25, -0.2) is 4.99 Å². The highest BCUT2D eigenvalue weighted by Gasteiger charge is 2.44. The SMILES string of the molecule is NC1=NC2(CCCCC2)N(c2c(CC(=O)O)cccc2C(=O)c2ccc(Br)cc2)C(N)=N1. The summed E-state index contributed by atoms with van der Waals surface area (Å²) in [5.74, 6) is -1.03. The molecule has 2 aromatic carbocycles. The Labute approximate surface area is 194 Å². The van der Waals surface area contributed by atoms with Crippen LogP contribution < -0.4 is 16.4 Å². The third kappa shape index (κ3) is 4.12. The van der Waals surface area contributed by atoms with Crippen LogP contribution in [0.2, 0.25) is 0 Å². The number of ketones is 1. The Balaban J connectivity index is 1.93. The van der Waals surface area contributed by atoms with Crippen molar-refractivity contribution < 1.29 is 14.7 Å². The van der Waals surface area contributed by atoms with Gasteiger partial charge >= 0.3 is 5.97 Å². The summed E-state index contributed by atoms with van der Waals surface area (Å²) < 4.78 is 0.854. The monoisotopic (exact) mass is 497 g/mol. The molecule has 1 heterocycles. The number of hydrogen-bond donors (Lipinski definition) is 3. The van der Waals surface area contributed by atoms with Crippen LogP contribution in [0.15, 0.2) is 56.9 Å². The molecular formula is C23H24BrN5O3. The molecule has 9 heteroatoms. The number of para-hydroxylation sites is 1. The Morgan fingerprint density at radius 1 is 1.06 bits per heavy atom. The predicted molar refractivity (Wildman–Crippen MR) is 127 cm³/mol. The number of hydrogen-bond acceptors (Lipinski definition) is 7. The zero-order chi connectivity index (χ0) is 22.9. The molecule has 0 atom stereocenters. The van der Waals surface area contributed by atoms with Crippen molar-refractivity contribution in [2.75, 3.05) is 4.90 Å². The normalized spacial score (nSPS) is 17.6. The molecule has 0 bridgehead atoms. The fraction of sp³-hybridized carbons (Fsp3) is 0.304. The summed E-state index contributed by atoms with van der Waals surface area (Å²) >= 11 is 3.38. The summed E-state index contributed by atoms with van der Waals surface area (Å²) in [6, 6.07) is 12.1. The number of aliphatic carboxylic acids is 1. The molecule has 0 amide bonds. The Morgan fingerprint density at radius 2 is 1.75 bits per heavy atom. The van der Waals surface area contributed by atoms with Gasteiger partial charge in [0.25, 0.3) is 0 Å². The van der Waals surface area contributed by atoms with Crippen LogP contribution in [-0.2, 0) is 11.2 Å². The molecule has 32 heavy (non-hydrogen) atoms. The predicted octanol–water partition coefficient (Wildman–Crippen LogP) is 3.42. The second-order valence-electron chi connectivity index (χ2n) is 8.04. The maximum atomic E-state index is 13.6. The van der Waals surface area contributed by atoms with Crippen molar-refractivity contribution in [2.24, 2.45) is 21.5 Å². The second kappa shape index (κ2) is 8.74. The summed E-state index contributed by atoms with van der Waals surface area (Å²) in [6.07, 6.45) is 3.98. The highest BCUT2D eigenvalue weighted by molar-refractivity contribution is 9.10. The molecule has 0 radical (unpaired) electrons. The quantitative estimate of drug-likeness (QED) is 0.541. The average molecular weight is 498 g/mol. The van der Waals surface area contributed by atoms with E-state index in [1.807, 2.05) is 0 Å². The molecule has 1 saturated carbocycles. The van der Waals surface area contributed by atoms with Gasteiger partial charge in [-0.3, -0.25) is 14.5 Å². The van der Waals surface area contributed by atoms with Crippen LogP contribution in [0.4, 0.5) is 5.69 Å². The van der Waals surface area contributed by atoms with Crippen LogP contribution in [0.25, 0.3) is 0 Å². The molecule has 4 rings (SSSR count). The van der Waals surface area contributed by atoms with Crippen LogP contribution in [0, 0.1) is 0 Å². The van der Waals surface area contributed by atoms with E-state index in [2.05, 4.69) is 25.9 Å². The molecule has 2 aromatic rings. The largest absolute Gasteiger partial charge is 0.481 e. The van der Waals surface area contributed by atoms with Gasteiger partial charge in [-0.05, 0) is 61.6 Å². The van der Waals surface area contributed by atoms with E-state index in [-0.39, 0.29) is 24.1 Å². The molecule has 0 saturated heterocycles. The number of carbonyl (C=O) groups is 2. The summed E-state index contributed by atoms with van der Waals surface area (Å²) in [4.78, 5) is 35.8. The zero-order valence-electron chi connectivity index (χ0n) is 17.4. The number of guanidine groups is 2. The minimum atomic E-state index is -1.01. The standard InChI is InChI=1S/C23H24BrN5O3/c24-16-9-7-14(8-10-16)20(32)17-6-4-5-15(13-18(30)31)19(17)29-22(26)27-21(25)28-23(29)11-2-1-3-12-23/h4-10H,1-3,11-13H2,(H,30,31)(H4,25,26,27,28). The Morgan fingerprint density at radius 3 is 2.41 bits per heavy atom. The summed E-state index contributed by atoms with van der Waals surface area (Å²) in [7, 11) is 0. The van der Waals surface area contributed by atoms with E-state index in [1.165, 1.54) is 0 Å². The fourth-order valence-electron chi connectivity index (χ4n) is 4.55. The van der Waals surface area contributed by atoms with Crippen molar-refractivity contribution in [3.8, 4) is 0 Å². The first-order valence-corrected chi connectivity index (χ1v) is 11.2. The number of nitrogens with two attached hydrogens (primary N) is 2. The molecule has 1 aliphatic heterocycles. The van der Waals surface area contributed by atoms with Gasteiger partial charge in [0.05, 0.1) is 12.1 Å². The molecule has 1 aliphatic carbocycles. The van der Waals surface area contributed by atoms with Crippen molar-refractivity contribution in [1.29, 1.82) is 0 Å². The van der Waals surface area contributed by atoms with E-state index in [1.54, 1.807) is 47.4 Å². The first-order valence-electron chi connectivity index (χ1n) is 10.4. The van der Waals surface area contributed by atoms with Gasteiger partial charge < -0.3 is 16.6 Å². The number of carboxylic acid groups (broad SMARTS) is 1. The van der Waals surface area contributed by atoms with Crippen molar-refractivity contribution in [2.45, 2.75) is 44.2 Å². The highest BCUT2D eigenvalue weighted by atomic mass is 79.9. The lowest BCUT2D eigenvalue weighted by atomic mass is 9.85.